The third-order valence-corrected chi connectivity index (χ3v) is 6.57. The van der Waals surface area contributed by atoms with Gasteiger partial charge in [0.1, 0.15) is 12.1 Å². The van der Waals surface area contributed by atoms with Gasteiger partial charge in [-0.3, -0.25) is 24.5 Å². The molecule has 1 unspecified atom stereocenters. The maximum absolute atomic E-state index is 13.6. The number of carbonyl (C=O) groups excluding carboxylic acids is 2. The van der Waals surface area contributed by atoms with Crippen molar-refractivity contribution < 1.29 is 19.1 Å². The average Bonchev–Trinajstić information content (AvgIpc) is 3.06. The molecule has 9 nitrogen and oxygen atoms in total. The average molecular weight is 476 g/mol. The minimum Gasteiger partial charge on any atom is -0.381 e. The zero-order chi connectivity index (χ0) is 24.0. The molecule has 1 aromatic carbocycles. The Morgan fingerprint density at radius 2 is 1.91 bits per heavy atom. The van der Waals surface area contributed by atoms with Crippen LogP contribution in [0, 0.1) is 5.92 Å². The van der Waals surface area contributed by atoms with Gasteiger partial charge >= 0.3 is 0 Å². The normalized spacial score (nSPS) is 19.7. The summed E-state index contributed by atoms with van der Waals surface area (Å²) in [6.07, 6.45) is 8.19. The summed E-state index contributed by atoms with van der Waals surface area (Å²) in [7, 11) is 0. The molecule has 3 aromatic rings. The Kier molecular flexibility index (Phi) is 7.25. The lowest BCUT2D eigenvalue weighted by Crippen LogP contribution is -2.42. The van der Waals surface area contributed by atoms with Gasteiger partial charge in [0, 0.05) is 57.6 Å². The molecule has 9 heteroatoms. The minimum absolute atomic E-state index is 0.00541. The van der Waals surface area contributed by atoms with E-state index >= 15 is 0 Å². The van der Waals surface area contributed by atoms with Crippen LogP contribution in [0.1, 0.15) is 28.8 Å². The van der Waals surface area contributed by atoms with Gasteiger partial charge in [-0.25, -0.2) is 0 Å². The SMILES string of the molecule is O=C1CN(C(=O)c2cccc3nccnc23)CC(OCc2cccnc2)CN1CC1CCOCC1. The highest BCUT2D eigenvalue weighted by Crippen LogP contribution is 2.21. The molecule has 182 valence electrons. The van der Waals surface area contributed by atoms with Gasteiger partial charge in [-0.15, -0.1) is 0 Å². The van der Waals surface area contributed by atoms with Crippen molar-refractivity contribution in [2.75, 3.05) is 39.4 Å². The molecule has 35 heavy (non-hydrogen) atoms. The number of amides is 2. The van der Waals surface area contributed by atoms with E-state index in [9.17, 15) is 9.59 Å². The van der Waals surface area contributed by atoms with Gasteiger partial charge in [0.25, 0.3) is 5.91 Å². The third-order valence-electron chi connectivity index (χ3n) is 6.57. The number of carbonyl (C=O) groups is 2. The highest BCUT2D eigenvalue weighted by molar-refractivity contribution is 6.05. The zero-order valence-corrected chi connectivity index (χ0v) is 19.6. The number of hydrogen-bond donors (Lipinski definition) is 0. The fourth-order valence-electron chi connectivity index (χ4n) is 4.69. The van der Waals surface area contributed by atoms with E-state index in [-0.39, 0.29) is 24.5 Å². The van der Waals surface area contributed by atoms with Crippen LogP contribution in [0.5, 0.6) is 0 Å². The monoisotopic (exact) mass is 475 g/mol. The summed E-state index contributed by atoms with van der Waals surface area (Å²) < 4.78 is 11.7. The first kappa shape index (κ1) is 23.3. The maximum atomic E-state index is 13.6. The second kappa shape index (κ2) is 10.9. The van der Waals surface area contributed by atoms with E-state index in [1.165, 1.54) is 0 Å². The van der Waals surface area contributed by atoms with Crippen molar-refractivity contribution in [1.82, 2.24) is 24.8 Å². The maximum Gasteiger partial charge on any atom is 0.256 e. The highest BCUT2D eigenvalue weighted by Gasteiger charge is 2.33. The van der Waals surface area contributed by atoms with Gasteiger partial charge in [-0.2, -0.15) is 0 Å². The van der Waals surface area contributed by atoms with Crippen LogP contribution in [0.3, 0.4) is 0 Å². The number of nitrogens with zero attached hydrogens (tertiary/aromatic N) is 5. The van der Waals surface area contributed by atoms with Crippen LogP contribution in [0.15, 0.2) is 55.1 Å². The van der Waals surface area contributed by atoms with Crippen molar-refractivity contribution in [3.05, 3.63) is 66.2 Å². The molecule has 5 rings (SSSR count). The van der Waals surface area contributed by atoms with Crippen LogP contribution < -0.4 is 0 Å². The van der Waals surface area contributed by atoms with Crippen LogP contribution in [-0.4, -0.2) is 82.1 Å². The van der Waals surface area contributed by atoms with Gasteiger partial charge in [0.2, 0.25) is 5.91 Å². The molecular weight excluding hydrogens is 446 g/mol. The summed E-state index contributed by atoms with van der Waals surface area (Å²) in [6, 6.07) is 9.16. The summed E-state index contributed by atoms with van der Waals surface area (Å²) in [5.41, 5.74) is 2.56. The topological polar surface area (TPSA) is 97.8 Å². The van der Waals surface area contributed by atoms with E-state index in [0.29, 0.717) is 48.8 Å². The van der Waals surface area contributed by atoms with Gasteiger partial charge in [-0.05, 0) is 42.5 Å². The van der Waals surface area contributed by atoms with Crippen LogP contribution in [0.2, 0.25) is 0 Å². The molecule has 2 saturated heterocycles. The summed E-state index contributed by atoms with van der Waals surface area (Å²) >= 11 is 0. The minimum atomic E-state index is -0.327. The Morgan fingerprint density at radius 1 is 1.06 bits per heavy atom. The van der Waals surface area contributed by atoms with E-state index in [1.807, 2.05) is 23.1 Å². The van der Waals surface area contributed by atoms with Gasteiger partial charge in [-0.1, -0.05) is 12.1 Å². The summed E-state index contributed by atoms with van der Waals surface area (Å²) in [4.78, 5) is 43.2. The van der Waals surface area contributed by atoms with Crippen LogP contribution in [-0.2, 0) is 20.9 Å². The fourth-order valence-corrected chi connectivity index (χ4v) is 4.69. The Morgan fingerprint density at radius 3 is 2.74 bits per heavy atom. The summed E-state index contributed by atoms with van der Waals surface area (Å²) in [5.74, 6) is 0.0817. The second-order valence-corrected chi connectivity index (χ2v) is 9.06. The molecule has 2 aliphatic rings. The van der Waals surface area contributed by atoms with Crippen molar-refractivity contribution in [2.24, 2.45) is 5.92 Å². The van der Waals surface area contributed by atoms with Crippen LogP contribution >= 0.6 is 0 Å². The van der Waals surface area contributed by atoms with E-state index in [4.69, 9.17) is 9.47 Å². The molecule has 2 amide bonds. The number of hydrogen-bond acceptors (Lipinski definition) is 7. The Hall–Kier alpha value is -3.43. The number of rotatable bonds is 6. The molecule has 0 spiro atoms. The molecule has 0 aliphatic carbocycles. The number of ether oxygens (including phenoxy) is 2. The first-order valence-corrected chi connectivity index (χ1v) is 12.0. The number of para-hydroxylation sites is 1. The Labute approximate surface area is 204 Å². The molecule has 2 aliphatic heterocycles. The molecular formula is C26H29N5O4. The van der Waals surface area contributed by atoms with E-state index in [2.05, 4.69) is 15.0 Å². The smallest absolute Gasteiger partial charge is 0.256 e. The van der Waals surface area contributed by atoms with Gasteiger partial charge < -0.3 is 19.3 Å². The van der Waals surface area contributed by atoms with Crippen molar-refractivity contribution in [3.8, 4) is 0 Å². The number of benzene rings is 1. The van der Waals surface area contributed by atoms with E-state index in [0.717, 1.165) is 31.6 Å². The predicted octanol–water partition coefficient (Wildman–Crippen LogP) is 2.32. The molecule has 1 atom stereocenters. The first-order valence-electron chi connectivity index (χ1n) is 12.0. The van der Waals surface area contributed by atoms with E-state index in [1.54, 1.807) is 41.8 Å². The third kappa shape index (κ3) is 5.63. The molecule has 2 aromatic heterocycles. The second-order valence-electron chi connectivity index (χ2n) is 9.06. The lowest BCUT2D eigenvalue weighted by atomic mass is 9.99. The number of pyridine rings is 1. The quantitative estimate of drug-likeness (QED) is 0.540. The van der Waals surface area contributed by atoms with Crippen LogP contribution in [0.4, 0.5) is 0 Å². The van der Waals surface area contributed by atoms with Crippen molar-refractivity contribution >= 4 is 22.8 Å². The molecule has 2 fully saturated rings. The highest BCUT2D eigenvalue weighted by atomic mass is 16.5. The predicted molar refractivity (Wildman–Crippen MR) is 128 cm³/mol. The Bertz CT molecular complexity index is 1160. The summed E-state index contributed by atoms with van der Waals surface area (Å²) in [5, 5.41) is 0. The summed E-state index contributed by atoms with van der Waals surface area (Å²) in [6.45, 7) is 3.21. The molecule has 0 bridgehead atoms. The lowest BCUT2D eigenvalue weighted by molar-refractivity contribution is -0.132. The lowest BCUT2D eigenvalue weighted by Gasteiger charge is -2.30. The van der Waals surface area contributed by atoms with Crippen LogP contribution in [0.25, 0.3) is 11.0 Å². The molecule has 0 saturated carbocycles. The molecule has 0 radical (unpaired) electrons. The molecule has 4 heterocycles. The standard InChI is InChI=1S/C26H29N5O4/c32-24-17-31(26(33)22-4-1-5-23-25(22)29-10-9-28-23)16-21(35-18-20-3-2-8-27-13-20)15-30(24)14-19-6-11-34-12-7-19/h1-5,8-10,13,19,21H,6-7,11-12,14-18H2. The van der Waals surface area contributed by atoms with Crippen molar-refractivity contribution in [2.45, 2.75) is 25.6 Å². The fraction of sp³-hybridized carbons (Fsp3) is 0.423. The van der Waals surface area contributed by atoms with Gasteiger partial charge in [0.15, 0.2) is 0 Å². The Balaban J connectivity index is 1.37. The van der Waals surface area contributed by atoms with Crippen molar-refractivity contribution in [1.29, 1.82) is 0 Å². The molecule has 0 N–H and O–H groups in total. The van der Waals surface area contributed by atoms with Gasteiger partial charge in [0.05, 0.1) is 23.8 Å². The largest absolute Gasteiger partial charge is 0.381 e. The number of aromatic nitrogens is 3. The van der Waals surface area contributed by atoms with Crippen molar-refractivity contribution in [3.63, 3.8) is 0 Å². The first-order chi connectivity index (χ1) is 17.2. The number of fused-ring (bicyclic) bond motifs is 1. The van der Waals surface area contributed by atoms with E-state index < -0.39 is 0 Å². The zero-order valence-electron chi connectivity index (χ0n) is 19.6.